The lowest BCUT2D eigenvalue weighted by atomic mass is 10.1. The van der Waals surface area contributed by atoms with Gasteiger partial charge in [-0.05, 0) is 18.7 Å². The Labute approximate surface area is 122 Å². The van der Waals surface area contributed by atoms with Crippen LogP contribution in [-0.4, -0.2) is 29.1 Å². The number of para-hydroxylation sites is 1. The van der Waals surface area contributed by atoms with Gasteiger partial charge < -0.3 is 14.8 Å². The van der Waals surface area contributed by atoms with Crippen molar-refractivity contribution in [2.75, 3.05) is 12.0 Å². The number of furan rings is 1. The van der Waals surface area contributed by atoms with Gasteiger partial charge in [-0.2, -0.15) is 11.8 Å². The summed E-state index contributed by atoms with van der Waals surface area (Å²) in [5.41, 5.74) is 1.35. The van der Waals surface area contributed by atoms with Crippen LogP contribution in [0.15, 0.2) is 28.7 Å². The average Bonchev–Trinajstić information content (AvgIpc) is 2.82. The van der Waals surface area contributed by atoms with Crippen LogP contribution < -0.4 is 5.32 Å². The molecule has 0 radical (unpaired) electrons. The maximum atomic E-state index is 11.3. The molecule has 0 saturated heterocycles. The van der Waals surface area contributed by atoms with Gasteiger partial charge in [-0.3, -0.25) is 0 Å². The van der Waals surface area contributed by atoms with Gasteiger partial charge in [0.15, 0.2) is 0 Å². The number of hydrogen-bond donors (Lipinski definition) is 2. The minimum Gasteiger partial charge on any atom is -0.475 e. The van der Waals surface area contributed by atoms with Gasteiger partial charge in [0.05, 0.1) is 0 Å². The molecular weight excluding hydrogens is 274 g/mol. The Morgan fingerprint density at radius 1 is 1.45 bits per heavy atom. The van der Waals surface area contributed by atoms with Crippen LogP contribution in [0.5, 0.6) is 0 Å². The summed E-state index contributed by atoms with van der Waals surface area (Å²) >= 11 is 1.78. The third kappa shape index (κ3) is 3.16. The Bertz CT molecular complexity index is 594. The van der Waals surface area contributed by atoms with Crippen LogP contribution in [0.3, 0.4) is 0 Å². The minimum absolute atomic E-state index is 0.0395. The number of hydrogen-bond acceptors (Lipinski definition) is 4. The fourth-order valence-corrected chi connectivity index (χ4v) is 2.97. The highest BCUT2D eigenvalue weighted by Gasteiger charge is 2.20. The molecule has 1 atom stereocenters. The topological polar surface area (TPSA) is 62.5 Å². The lowest BCUT2D eigenvalue weighted by Crippen LogP contribution is -2.30. The molecule has 2 rings (SSSR count). The van der Waals surface area contributed by atoms with Gasteiger partial charge >= 0.3 is 5.97 Å². The number of carbonyl (C=O) groups is 1. The molecule has 20 heavy (non-hydrogen) atoms. The third-order valence-corrected chi connectivity index (χ3v) is 4.06. The first kappa shape index (κ1) is 14.9. The van der Waals surface area contributed by atoms with E-state index in [-0.39, 0.29) is 5.76 Å². The van der Waals surface area contributed by atoms with Crippen molar-refractivity contribution in [2.45, 2.75) is 25.9 Å². The summed E-state index contributed by atoms with van der Waals surface area (Å²) in [7, 11) is 0. The molecule has 0 bridgehead atoms. The number of rotatable bonds is 7. The molecule has 0 saturated carbocycles. The van der Waals surface area contributed by atoms with Crippen LogP contribution >= 0.6 is 11.8 Å². The number of nitrogens with one attached hydrogen (secondary N) is 1. The number of thioether (sulfide) groups is 1. The fraction of sp³-hybridized carbons (Fsp3) is 0.400. The molecule has 0 spiro atoms. The quantitative estimate of drug-likeness (QED) is 0.819. The maximum absolute atomic E-state index is 11.3. The Morgan fingerprint density at radius 3 is 2.85 bits per heavy atom. The SMILES string of the molecule is CCC(CSC)NCc1c(C(=O)O)oc2ccccc12. The molecule has 2 N–H and O–H groups in total. The van der Waals surface area contributed by atoms with E-state index >= 15 is 0 Å². The van der Waals surface area contributed by atoms with Gasteiger partial charge in [-0.15, -0.1) is 0 Å². The zero-order valence-electron chi connectivity index (χ0n) is 11.7. The summed E-state index contributed by atoms with van der Waals surface area (Å²) in [6.07, 6.45) is 3.08. The van der Waals surface area contributed by atoms with E-state index in [4.69, 9.17) is 4.42 Å². The highest BCUT2D eigenvalue weighted by atomic mass is 32.2. The van der Waals surface area contributed by atoms with Crippen LogP contribution in [-0.2, 0) is 6.54 Å². The van der Waals surface area contributed by atoms with E-state index in [0.29, 0.717) is 18.2 Å². The fourth-order valence-electron chi connectivity index (χ4n) is 2.22. The van der Waals surface area contributed by atoms with E-state index < -0.39 is 5.97 Å². The van der Waals surface area contributed by atoms with E-state index in [1.54, 1.807) is 17.8 Å². The van der Waals surface area contributed by atoms with Crippen LogP contribution in [0, 0.1) is 0 Å². The van der Waals surface area contributed by atoms with E-state index in [0.717, 1.165) is 23.1 Å². The molecule has 0 aliphatic carbocycles. The first-order valence-electron chi connectivity index (χ1n) is 6.63. The minimum atomic E-state index is -1.02. The summed E-state index contributed by atoms with van der Waals surface area (Å²) in [6.45, 7) is 2.64. The van der Waals surface area contributed by atoms with Crippen molar-refractivity contribution >= 4 is 28.7 Å². The average molecular weight is 293 g/mol. The molecule has 0 aliphatic heterocycles. The number of benzene rings is 1. The van der Waals surface area contributed by atoms with Gasteiger partial charge in [0.2, 0.25) is 5.76 Å². The molecule has 1 aromatic carbocycles. The van der Waals surface area contributed by atoms with E-state index in [2.05, 4.69) is 18.5 Å². The molecule has 1 heterocycles. The van der Waals surface area contributed by atoms with Crippen molar-refractivity contribution < 1.29 is 14.3 Å². The predicted molar refractivity (Wildman–Crippen MR) is 82.5 cm³/mol. The number of carboxylic acid groups (broad SMARTS) is 1. The van der Waals surface area contributed by atoms with Crippen molar-refractivity contribution in [3.8, 4) is 0 Å². The molecule has 1 unspecified atom stereocenters. The molecule has 0 fully saturated rings. The Morgan fingerprint density at radius 2 is 2.20 bits per heavy atom. The molecule has 1 aromatic heterocycles. The lowest BCUT2D eigenvalue weighted by Gasteiger charge is -2.15. The summed E-state index contributed by atoms with van der Waals surface area (Å²) in [4.78, 5) is 11.3. The highest BCUT2D eigenvalue weighted by Crippen LogP contribution is 2.26. The summed E-state index contributed by atoms with van der Waals surface area (Å²) in [5, 5.41) is 13.6. The Balaban J connectivity index is 2.27. The van der Waals surface area contributed by atoms with Gasteiger partial charge in [-0.25, -0.2) is 4.79 Å². The molecule has 4 nitrogen and oxygen atoms in total. The number of fused-ring (bicyclic) bond motifs is 1. The smallest absolute Gasteiger partial charge is 0.372 e. The predicted octanol–water partition coefficient (Wildman–Crippen LogP) is 3.36. The number of carboxylic acids is 1. The van der Waals surface area contributed by atoms with Crippen molar-refractivity contribution in [1.82, 2.24) is 5.32 Å². The molecular formula is C15H19NO3S. The van der Waals surface area contributed by atoms with Crippen LogP contribution in [0.2, 0.25) is 0 Å². The second-order valence-electron chi connectivity index (χ2n) is 4.65. The zero-order valence-corrected chi connectivity index (χ0v) is 12.5. The lowest BCUT2D eigenvalue weighted by molar-refractivity contribution is 0.0663. The third-order valence-electron chi connectivity index (χ3n) is 3.32. The summed E-state index contributed by atoms with van der Waals surface area (Å²) < 4.78 is 5.44. The summed E-state index contributed by atoms with van der Waals surface area (Å²) in [5.74, 6) is 0.0305. The van der Waals surface area contributed by atoms with Crippen molar-refractivity contribution in [1.29, 1.82) is 0 Å². The standard InChI is InChI=1S/C15H19NO3S/c1-3-10(9-20-2)16-8-12-11-6-4-5-7-13(11)19-14(12)15(17)18/h4-7,10,16H,3,8-9H2,1-2H3,(H,17,18). The normalized spacial score (nSPS) is 12.7. The van der Waals surface area contributed by atoms with E-state index in [9.17, 15) is 9.90 Å². The second-order valence-corrected chi connectivity index (χ2v) is 5.56. The van der Waals surface area contributed by atoms with Crippen molar-refractivity contribution in [3.05, 3.63) is 35.6 Å². The molecule has 0 aliphatic rings. The van der Waals surface area contributed by atoms with E-state index in [1.165, 1.54) is 0 Å². The highest BCUT2D eigenvalue weighted by molar-refractivity contribution is 7.98. The Kier molecular flexibility index (Phi) is 5.09. The van der Waals surface area contributed by atoms with E-state index in [1.807, 2.05) is 18.2 Å². The van der Waals surface area contributed by atoms with Crippen LogP contribution in [0.4, 0.5) is 0 Å². The first-order chi connectivity index (χ1) is 9.67. The second kappa shape index (κ2) is 6.81. The first-order valence-corrected chi connectivity index (χ1v) is 8.02. The van der Waals surface area contributed by atoms with Crippen molar-refractivity contribution in [2.24, 2.45) is 0 Å². The molecule has 5 heteroatoms. The van der Waals surface area contributed by atoms with Gasteiger partial charge in [0, 0.05) is 29.3 Å². The maximum Gasteiger partial charge on any atom is 0.372 e. The van der Waals surface area contributed by atoms with Crippen LogP contribution in [0.1, 0.15) is 29.5 Å². The van der Waals surface area contributed by atoms with Crippen LogP contribution in [0.25, 0.3) is 11.0 Å². The monoisotopic (exact) mass is 293 g/mol. The zero-order chi connectivity index (χ0) is 14.5. The van der Waals surface area contributed by atoms with Gasteiger partial charge in [0.1, 0.15) is 5.58 Å². The molecule has 2 aromatic rings. The molecule has 108 valence electrons. The van der Waals surface area contributed by atoms with Gasteiger partial charge in [0.25, 0.3) is 0 Å². The van der Waals surface area contributed by atoms with Gasteiger partial charge in [-0.1, -0.05) is 25.1 Å². The van der Waals surface area contributed by atoms with Crippen molar-refractivity contribution in [3.63, 3.8) is 0 Å². The molecule has 0 amide bonds. The largest absolute Gasteiger partial charge is 0.475 e. The number of aromatic carboxylic acids is 1. The Hall–Kier alpha value is -1.46. The summed E-state index contributed by atoms with van der Waals surface area (Å²) in [6, 6.07) is 7.81.